The summed E-state index contributed by atoms with van der Waals surface area (Å²) in [6.07, 6.45) is -0.0469. The van der Waals surface area contributed by atoms with Crippen LogP contribution in [0.25, 0.3) is 0 Å². The number of nitrogens with one attached hydrogen (secondary N) is 1. The van der Waals surface area contributed by atoms with Crippen molar-refractivity contribution in [1.82, 2.24) is 10.2 Å². The van der Waals surface area contributed by atoms with Crippen molar-refractivity contribution in [1.29, 1.82) is 0 Å². The SMILES string of the molecule is CC12C=CC(C)(S(C)(=O)=O)C3=C1N(C[C@H](NCCC(F)(F)F)C3)[C@H]1Cc3c(Cl)cc(Cl)cc3[C@@H]1O2. The molecule has 1 aromatic rings. The van der Waals surface area contributed by atoms with Crippen molar-refractivity contribution in [2.24, 2.45) is 0 Å². The van der Waals surface area contributed by atoms with Crippen LogP contribution in [0, 0.1) is 0 Å². The van der Waals surface area contributed by atoms with Gasteiger partial charge in [0.25, 0.3) is 0 Å². The third-order valence-electron chi connectivity index (χ3n) is 7.88. The summed E-state index contributed by atoms with van der Waals surface area (Å²) in [7, 11) is -3.58. The molecule has 0 radical (unpaired) electrons. The average Bonchev–Trinajstić information content (AvgIpc) is 3.08. The fourth-order valence-electron chi connectivity index (χ4n) is 6.02. The van der Waals surface area contributed by atoms with Gasteiger partial charge < -0.3 is 15.0 Å². The number of hydrogen-bond donors (Lipinski definition) is 1. The number of rotatable bonds is 4. The average molecular weight is 551 g/mol. The van der Waals surface area contributed by atoms with Crippen LogP contribution in [0.1, 0.15) is 43.9 Å². The van der Waals surface area contributed by atoms with E-state index in [4.69, 9.17) is 27.9 Å². The van der Waals surface area contributed by atoms with Gasteiger partial charge >= 0.3 is 6.18 Å². The lowest BCUT2D eigenvalue weighted by molar-refractivity contribution is -0.134. The smallest absolute Gasteiger partial charge is 0.364 e. The quantitative estimate of drug-likeness (QED) is 0.535. The number of halogens is 5. The molecule has 4 aliphatic rings. The summed E-state index contributed by atoms with van der Waals surface area (Å²) in [6.45, 7) is 3.76. The molecule has 2 aliphatic heterocycles. The minimum absolute atomic E-state index is 0.179. The first kappa shape index (κ1) is 25.4. The molecule has 1 saturated heterocycles. The van der Waals surface area contributed by atoms with Crippen molar-refractivity contribution >= 4 is 33.0 Å². The topological polar surface area (TPSA) is 58.6 Å². The Bertz CT molecular complexity index is 1250. The zero-order chi connectivity index (χ0) is 25.6. The van der Waals surface area contributed by atoms with Crippen molar-refractivity contribution in [3.63, 3.8) is 0 Å². The highest BCUT2D eigenvalue weighted by atomic mass is 35.5. The van der Waals surface area contributed by atoms with Crippen molar-refractivity contribution in [3.8, 4) is 0 Å². The van der Waals surface area contributed by atoms with Crippen LogP contribution in [0.15, 0.2) is 35.6 Å². The first-order valence-corrected chi connectivity index (χ1v) is 14.1. The third-order valence-corrected chi connectivity index (χ3v) is 10.4. The van der Waals surface area contributed by atoms with Crippen LogP contribution >= 0.6 is 23.2 Å². The lowest BCUT2D eigenvalue weighted by atomic mass is 9.75. The van der Waals surface area contributed by atoms with Crippen LogP contribution in [0.5, 0.6) is 0 Å². The minimum atomic E-state index is -4.27. The Labute approximate surface area is 213 Å². The Morgan fingerprint density at radius 1 is 1.20 bits per heavy atom. The molecule has 5 nitrogen and oxygen atoms in total. The zero-order valence-corrected chi connectivity index (χ0v) is 21.9. The van der Waals surface area contributed by atoms with Gasteiger partial charge in [-0.1, -0.05) is 29.3 Å². The normalized spacial score (nSPS) is 34.1. The zero-order valence-electron chi connectivity index (χ0n) is 19.5. The maximum Gasteiger partial charge on any atom is 0.390 e. The van der Waals surface area contributed by atoms with E-state index in [9.17, 15) is 21.6 Å². The molecule has 5 rings (SSSR count). The van der Waals surface area contributed by atoms with E-state index in [-0.39, 0.29) is 24.7 Å². The van der Waals surface area contributed by atoms with E-state index in [2.05, 4.69) is 10.2 Å². The van der Waals surface area contributed by atoms with Gasteiger partial charge in [-0.2, -0.15) is 13.2 Å². The number of benzene rings is 1. The van der Waals surface area contributed by atoms with Gasteiger partial charge in [-0.3, -0.25) is 0 Å². The highest BCUT2D eigenvalue weighted by molar-refractivity contribution is 7.92. The van der Waals surface area contributed by atoms with Crippen molar-refractivity contribution in [3.05, 3.63) is 56.7 Å². The van der Waals surface area contributed by atoms with E-state index in [1.165, 1.54) is 6.26 Å². The standard InChI is InChI=1S/C24H27Cl2F3N2O3S/c1-22-4-5-23(2,35(3,32)33)17-10-14(30-7-6-24(27,28)29)12-31(21(17)22)19-11-15-16(20(19)34-22)8-13(25)9-18(15)26/h4-5,8-9,14,19-20,30H,6-7,10-12H2,1-3H3/t14-,19+,20+,22?,23?/m1/s1. The van der Waals surface area contributed by atoms with Crippen LogP contribution < -0.4 is 5.32 Å². The monoisotopic (exact) mass is 550 g/mol. The minimum Gasteiger partial charge on any atom is -0.364 e. The molecule has 0 saturated carbocycles. The van der Waals surface area contributed by atoms with Crippen LogP contribution in [-0.4, -0.2) is 61.3 Å². The molecule has 1 fully saturated rings. The molecule has 2 aliphatic carbocycles. The van der Waals surface area contributed by atoms with Gasteiger partial charge in [-0.05, 0) is 61.6 Å². The Morgan fingerprint density at radius 2 is 1.91 bits per heavy atom. The largest absolute Gasteiger partial charge is 0.390 e. The molecule has 192 valence electrons. The second kappa shape index (κ2) is 8.12. The van der Waals surface area contributed by atoms with Gasteiger partial charge in [0.2, 0.25) is 0 Å². The molecular weight excluding hydrogens is 524 g/mol. The van der Waals surface area contributed by atoms with Gasteiger partial charge in [0.15, 0.2) is 9.84 Å². The van der Waals surface area contributed by atoms with Gasteiger partial charge in [0.1, 0.15) is 16.5 Å². The number of nitrogens with zero attached hydrogens (tertiary/aromatic N) is 1. The molecule has 0 aromatic heterocycles. The van der Waals surface area contributed by atoms with E-state index in [1.807, 2.05) is 13.0 Å². The summed E-state index contributed by atoms with van der Waals surface area (Å²) in [5.74, 6) is 0. The predicted molar refractivity (Wildman–Crippen MR) is 129 cm³/mol. The first-order valence-electron chi connectivity index (χ1n) is 11.5. The lowest BCUT2D eigenvalue weighted by Crippen LogP contribution is -2.62. The number of hydrogen-bond acceptors (Lipinski definition) is 5. The van der Waals surface area contributed by atoms with E-state index in [0.29, 0.717) is 35.0 Å². The number of morpholine rings is 1. The van der Waals surface area contributed by atoms with Gasteiger partial charge in [-0.25, -0.2) is 8.42 Å². The van der Waals surface area contributed by atoms with Crippen molar-refractivity contribution in [2.45, 2.75) is 67.8 Å². The Hall–Kier alpha value is -1.26. The maximum absolute atomic E-state index is 13.0. The Morgan fingerprint density at radius 3 is 2.57 bits per heavy atom. The summed E-state index contributed by atoms with van der Waals surface area (Å²) < 4.78 is 69.8. The molecule has 5 atom stereocenters. The number of alkyl halides is 3. The van der Waals surface area contributed by atoms with E-state index >= 15 is 0 Å². The third kappa shape index (κ3) is 4.11. The van der Waals surface area contributed by atoms with Crippen LogP contribution in [-0.2, 0) is 21.0 Å². The van der Waals surface area contributed by atoms with Gasteiger partial charge in [-0.15, -0.1) is 0 Å². The summed E-state index contributed by atoms with van der Waals surface area (Å²) in [6, 6.07) is 3.01. The fraction of sp³-hybridized carbons (Fsp3) is 0.583. The Balaban J connectivity index is 1.60. The molecule has 35 heavy (non-hydrogen) atoms. The van der Waals surface area contributed by atoms with Crippen LogP contribution in [0.2, 0.25) is 10.0 Å². The van der Waals surface area contributed by atoms with Crippen molar-refractivity contribution < 1.29 is 26.3 Å². The van der Waals surface area contributed by atoms with Crippen LogP contribution in [0.4, 0.5) is 13.2 Å². The second-order valence-electron chi connectivity index (χ2n) is 10.3. The summed E-state index contributed by atoms with van der Waals surface area (Å²) in [4.78, 5) is 2.15. The molecule has 2 heterocycles. The number of fused-ring (bicyclic) bond motifs is 4. The molecule has 2 unspecified atom stereocenters. The summed E-state index contributed by atoms with van der Waals surface area (Å²) >= 11 is 12.8. The van der Waals surface area contributed by atoms with Crippen molar-refractivity contribution in [2.75, 3.05) is 19.3 Å². The lowest BCUT2D eigenvalue weighted by Gasteiger charge is -2.57. The van der Waals surface area contributed by atoms with Crippen LogP contribution in [0.3, 0.4) is 0 Å². The fourth-order valence-corrected chi connectivity index (χ4v) is 7.55. The molecule has 0 bridgehead atoms. The van der Waals surface area contributed by atoms with Gasteiger partial charge in [0.05, 0.1) is 18.2 Å². The van der Waals surface area contributed by atoms with E-state index < -0.39 is 32.8 Å². The summed E-state index contributed by atoms with van der Waals surface area (Å²) in [5.41, 5.74) is 2.38. The predicted octanol–water partition coefficient (Wildman–Crippen LogP) is 4.99. The molecule has 11 heteroatoms. The first-order chi connectivity index (χ1) is 16.1. The van der Waals surface area contributed by atoms with E-state index in [0.717, 1.165) is 16.8 Å². The highest BCUT2D eigenvalue weighted by Gasteiger charge is 2.57. The maximum atomic E-state index is 13.0. The number of sulfone groups is 1. The summed E-state index contributed by atoms with van der Waals surface area (Å²) in [5, 5.41) is 4.08. The molecule has 0 amide bonds. The number of ether oxygens (including phenoxy) is 1. The van der Waals surface area contributed by atoms with Gasteiger partial charge in [0, 0.05) is 35.4 Å². The highest BCUT2D eigenvalue weighted by Crippen LogP contribution is 2.55. The Kier molecular flexibility index (Phi) is 5.89. The molecule has 1 aromatic carbocycles. The van der Waals surface area contributed by atoms with E-state index in [1.54, 1.807) is 25.1 Å². The molecule has 0 spiro atoms. The molecular formula is C24H27Cl2F3N2O3S. The molecule has 1 N–H and O–H groups in total. The second-order valence-corrected chi connectivity index (χ2v) is 13.5.